The van der Waals surface area contributed by atoms with Gasteiger partial charge in [0.1, 0.15) is 0 Å². The van der Waals surface area contributed by atoms with Gasteiger partial charge in [-0.2, -0.15) is 4.98 Å². The van der Waals surface area contributed by atoms with E-state index in [4.69, 9.17) is 0 Å². The van der Waals surface area contributed by atoms with Crippen LogP contribution in [0.3, 0.4) is 0 Å². The van der Waals surface area contributed by atoms with Crippen LogP contribution < -0.4 is 5.32 Å². The highest BCUT2D eigenvalue weighted by Gasteiger charge is 2.16. The van der Waals surface area contributed by atoms with E-state index >= 15 is 0 Å². The smallest absolute Gasteiger partial charge is 0.243 e. The van der Waals surface area contributed by atoms with Gasteiger partial charge >= 0.3 is 0 Å². The van der Waals surface area contributed by atoms with Gasteiger partial charge in [-0.3, -0.25) is 0 Å². The van der Waals surface area contributed by atoms with E-state index in [-0.39, 0.29) is 6.10 Å². The number of nitrogens with zero attached hydrogens (tertiary/aromatic N) is 3. The first kappa shape index (κ1) is 14.3. The van der Waals surface area contributed by atoms with E-state index in [1.807, 2.05) is 18.3 Å². The van der Waals surface area contributed by atoms with Crippen molar-refractivity contribution in [2.45, 2.75) is 32.8 Å². The SMILES string of the molecule is CCC(CC)C(O)CNc1nc2c(Br)cccn2n1. The molecule has 1 unspecified atom stereocenters. The Bertz CT molecular complexity index is 538. The van der Waals surface area contributed by atoms with E-state index in [1.54, 1.807) is 4.52 Å². The molecule has 0 spiro atoms. The number of hydrogen-bond donors (Lipinski definition) is 2. The molecule has 0 aliphatic heterocycles. The summed E-state index contributed by atoms with van der Waals surface area (Å²) in [5.41, 5.74) is 0.766. The molecule has 0 aliphatic carbocycles. The Morgan fingerprint density at radius 2 is 2.16 bits per heavy atom. The number of hydrogen-bond acceptors (Lipinski definition) is 4. The Labute approximate surface area is 121 Å². The number of aromatic nitrogens is 3. The summed E-state index contributed by atoms with van der Waals surface area (Å²) in [5.74, 6) is 0.855. The van der Waals surface area contributed by atoms with Gasteiger partial charge in [0.2, 0.25) is 5.95 Å². The minimum atomic E-state index is -0.370. The molecule has 2 aromatic heterocycles. The van der Waals surface area contributed by atoms with E-state index in [9.17, 15) is 5.11 Å². The molecule has 2 N–H and O–H groups in total. The minimum Gasteiger partial charge on any atom is -0.391 e. The Hall–Kier alpha value is -1.14. The zero-order valence-corrected chi connectivity index (χ0v) is 12.8. The fourth-order valence-corrected chi connectivity index (χ4v) is 2.57. The Balaban J connectivity index is 2.04. The molecule has 0 amide bonds. The molecular weight excluding hydrogens is 308 g/mol. The fourth-order valence-electron chi connectivity index (χ4n) is 2.14. The van der Waals surface area contributed by atoms with Crippen LogP contribution in [0.4, 0.5) is 5.95 Å². The first-order chi connectivity index (χ1) is 9.15. The molecule has 2 rings (SSSR count). The van der Waals surface area contributed by atoms with Gasteiger partial charge in [0, 0.05) is 12.7 Å². The summed E-state index contributed by atoms with van der Waals surface area (Å²) >= 11 is 3.44. The number of aliphatic hydroxyl groups is 1. The number of nitrogens with one attached hydrogen (secondary N) is 1. The molecule has 19 heavy (non-hydrogen) atoms. The molecule has 6 heteroatoms. The number of rotatable bonds is 6. The third-order valence-corrected chi connectivity index (χ3v) is 4.00. The topological polar surface area (TPSA) is 62.5 Å². The molecule has 0 aliphatic rings. The largest absolute Gasteiger partial charge is 0.391 e. The summed E-state index contributed by atoms with van der Waals surface area (Å²) in [6, 6.07) is 3.82. The molecule has 0 saturated heterocycles. The van der Waals surface area contributed by atoms with Crippen LogP contribution >= 0.6 is 15.9 Å². The summed E-state index contributed by atoms with van der Waals surface area (Å²) in [6.07, 6.45) is 3.42. The third kappa shape index (κ3) is 3.25. The molecule has 0 saturated carbocycles. The Kier molecular flexibility index (Phi) is 4.76. The van der Waals surface area contributed by atoms with E-state index in [1.165, 1.54) is 0 Å². The molecule has 0 radical (unpaired) electrons. The summed E-state index contributed by atoms with van der Waals surface area (Å²) < 4.78 is 2.60. The summed E-state index contributed by atoms with van der Waals surface area (Å²) in [6.45, 7) is 4.66. The normalized spacial score (nSPS) is 13.1. The highest BCUT2D eigenvalue weighted by atomic mass is 79.9. The number of pyridine rings is 1. The van der Waals surface area contributed by atoms with Gasteiger partial charge in [0.25, 0.3) is 0 Å². The zero-order valence-electron chi connectivity index (χ0n) is 11.2. The molecule has 0 bridgehead atoms. The number of aliphatic hydroxyl groups excluding tert-OH is 1. The van der Waals surface area contributed by atoms with Crippen molar-refractivity contribution in [3.8, 4) is 0 Å². The van der Waals surface area contributed by atoms with Gasteiger partial charge in [-0.25, -0.2) is 4.52 Å². The quantitative estimate of drug-likeness (QED) is 0.856. The monoisotopic (exact) mass is 326 g/mol. The first-order valence-corrected chi connectivity index (χ1v) is 7.37. The summed E-state index contributed by atoms with van der Waals surface area (Å²) in [4.78, 5) is 4.38. The fraction of sp³-hybridized carbons (Fsp3) is 0.538. The van der Waals surface area contributed by atoms with Crippen molar-refractivity contribution in [1.82, 2.24) is 14.6 Å². The van der Waals surface area contributed by atoms with Crippen LogP contribution in [-0.2, 0) is 0 Å². The number of fused-ring (bicyclic) bond motifs is 1. The van der Waals surface area contributed by atoms with Crippen molar-refractivity contribution in [1.29, 1.82) is 0 Å². The van der Waals surface area contributed by atoms with Gasteiger partial charge < -0.3 is 10.4 Å². The second-order valence-corrected chi connectivity index (χ2v) is 5.44. The average Bonchev–Trinajstić information content (AvgIpc) is 2.82. The van der Waals surface area contributed by atoms with Crippen molar-refractivity contribution in [3.63, 3.8) is 0 Å². The van der Waals surface area contributed by atoms with Crippen molar-refractivity contribution in [2.24, 2.45) is 5.92 Å². The molecule has 1 atom stereocenters. The second kappa shape index (κ2) is 6.34. The predicted octanol–water partition coefficient (Wildman–Crippen LogP) is 2.70. The number of anilines is 1. The van der Waals surface area contributed by atoms with Crippen LogP contribution in [0, 0.1) is 5.92 Å². The maximum absolute atomic E-state index is 10.1. The van der Waals surface area contributed by atoms with E-state index in [0.29, 0.717) is 18.4 Å². The van der Waals surface area contributed by atoms with Crippen LogP contribution in [0.5, 0.6) is 0 Å². The van der Waals surface area contributed by atoms with Crippen LogP contribution in [0.2, 0.25) is 0 Å². The highest BCUT2D eigenvalue weighted by Crippen LogP contribution is 2.17. The summed E-state index contributed by atoms with van der Waals surface area (Å²) in [7, 11) is 0. The maximum Gasteiger partial charge on any atom is 0.243 e. The predicted molar refractivity (Wildman–Crippen MR) is 79.3 cm³/mol. The lowest BCUT2D eigenvalue weighted by Gasteiger charge is -2.19. The zero-order chi connectivity index (χ0) is 13.8. The van der Waals surface area contributed by atoms with Crippen LogP contribution in [0.15, 0.2) is 22.8 Å². The van der Waals surface area contributed by atoms with Crippen molar-refractivity contribution < 1.29 is 5.11 Å². The molecule has 0 aromatic carbocycles. The molecule has 0 fully saturated rings. The lowest BCUT2D eigenvalue weighted by atomic mass is 9.97. The molecule has 5 nitrogen and oxygen atoms in total. The van der Waals surface area contributed by atoms with Gasteiger partial charge in [-0.05, 0) is 34.0 Å². The lowest BCUT2D eigenvalue weighted by Crippen LogP contribution is -2.28. The van der Waals surface area contributed by atoms with Gasteiger partial charge in [0.05, 0.1) is 10.6 Å². The van der Waals surface area contributed by atoms with Crippen LogP contribution in [0.1, 0.15) is 26.7 Å². The third-order valence-electron chi connectivity index (χ3n) is 3.38. The lowest BCUT2D eigenvalue weighted by molar-refractivity contribution is 0.114. The maximum atomic E-state index is 10.1. The van der Waals surface area contributed by atoms with Gasteiger partial charge in [-0.15, -0.1) is 5.10 Å². The molecule has 2 aromatic rings. The highest BCUT2D eigenvalue weighted by molar-refractivity contribution is 9.10. The standard InChI is InChI=1S/C13H19BrN4O/c1-3-9(4-2)11(19)8-15-13-16-12-10(14)6-5-7-18(12)17-13/h5-7,9,11,19H,3-4,8H2,1-2H3,(H,15,17). The van der Waals surface area contributed by atoms with E-state index in [0.717, 1.165) is 23.0 Å². The Morgan fingerprint density at radius 3 is 2.79 bits per heavy atom. The Morgan fingerprint density at radius 1 is 1.42 bits per heavy atom. The number of halogens is 1. The average molecular weight is 327 g/mol. The van der Waals surface area contributed by atoms with Crippen LogP contribution in [-0.4, -0.2) is 32.4 Å². The van der Waals surface area contributed by atoms with Crippen molar-refractivity contribution >= 4 is 27.5 Å². The van der Waals surface area contributed by atoms with E-state index in [2.05, 4.69) is 45.2 Å². The van der Waals surface area contributed by atoms with Crippen molar-refractivity contribution in [3.05, 3.63) is 22.8 Å². The van der Waals surface area contributed by atoms with Gasteiger partial charge in [-0.1, -0.05) is 26.7 Å². The van der Waals surface area contributed by atoms with Crippen LogP contribution in [0.25, 0.3) is 5.65 Å². The van der Waals surface area contributed by atoms with E-state index < -0.39 is 0 Å². The first-order valence-electron chi connectivity index (χ1n) is 6.58. The minimum absolute atomic E-state index is 0.316. The summed E-state index contributed by atoms with van der Waals surface area (Å²) in [5, 5.41) is 17.5. The van der Waals surface area contributed by atoms with Crippen molar-refractivity contribution in [2.75, 3.05) is 11.9 Å². The second-order valence-electron chi connectivity index (χ2n) is 4.58. The molecular formula is C13H19BrN4O. The molecule has 2 heterocycles. The molecule has 104 valence electrons. The van der Waals surface area contributed by atoms with Gasteiger partial charge in [0.15, 0.2) is 5.65 Å².